The van der Waals surface area contributed by atoms with Crippen molar-refractivity contribution in [1.82, 2.24) is 5.43 Å². The van der Waals surface area contributed by atoms with Crippen LogP contribution in [0.5, 0.6) is 5.75 Å². The topological polar surface area (TPSA) is 107 Å². The third-order valence-electron chi connectivity index (χ3n) is 3.52. The van der Waals surface area contributed by atoms with Gasteiger partial charge in [0.05, 0.1) is 11.1 Å². The summed E-state index contributed by atoms with van der Waals surface area (Å²) in [6.07, 6.45) is 6.57. The summed E-state index contributed by atoms with van der Waals surface area (Å²) in [5.74, 6) is 2.43. The molecule has 0 aliphatic rings. The molecule has 8 nitrogen and oxygen atoms in total. The van der Waals surface area contributed by atoms with Gasteiger partial charge in [-0.1, -0.05) is 5.92 Å². The molecule has 0 saturated heterocycles. The van der Waals surface area contributed by atoms with Crippen LogP contribution in [0.4, 0.5) is 5.69 Å². The number of fused-ring (bicyclic) bond motifs is 1. The Labute approximate surface area is 153 Å². The number of terminal acetylenes is 1. The number of nitrogens with zero attached hydrogens (tertiary/aromatic N) is 2. The van der Waals surface area contributed by atoms with E-state index in [9.17, 15) is 14.9 Å². The minimum atomic E-state index is -0.570. The first kappa shape index (κ1) is 17.7. The van der Waals surface area contributed by atoms with E-state index in [1.165, 1.54) is 30.5 Å². The van der Waals surface area contributed by atoms with E-state index in [-0.39, 0.29) is 18.1 Å². The molecule has 27 heavy (non-hydrogen) atoms. The lowest BCUT2D eigenvalue weighted by Crippen LogP contribution is -2.16. The molecule has 0 aliphatic carbocycles. The van der Waals surface area contributed by atoms with E-state index in [2.05, 4.69) is 16.4 Å². The number of non-ortho nitro benzene ring substituents is 1. The van der Waals surface area contributed by atoms with Crippen LogP contribution in [-0.4, -0.2) is 23.7 Å². The van der Waals surface area contributed by atoms with Crippen LogP contribution in [0, 0.1) is 22.5 Å². The highest BCUT2D eigenvalue weighted by Crippen LogP contribution is 2.24. The quantitative estimate of drug-likeness (QED) is 0.313. The Morgan fingerprint density at radius 2 is 2.07 bits per heavy atom. The maximum atomic E-state index is 12.1. The Balaban J connectivity index is 1.65. The fourth-order valence-corrected chi connectivity index (χ4v) is 2.25. The highest BCUT2D eigenvalue weighted by atomic mass is 16.6. The molecule has 1 amide bonds. The van der Waals surface area contributed by atoms with Gasteiger partial charge < -0.3 is 9.15 Å². The molecule has 8 heteroatoms. The summed E-state index contributed by atoms with van der Waals surface area (Å²) in [7, 11) is 0. The van der Waals surface area contributed by atoms with E-state index in [1.54, 1.807) is 24.3 Å². The molecule has 0 atom stereocenters. The Hall–Kier alpha value is -4.12. The van der Waals surface area contributed by atoms with E-state index in [0.29, 0.717) is 16.7 Å². The average Bonchev–Trinajstić information content (AvgIpc) is 3.10. The maximum Gasteiger partial charge on any atom is 0.307 e. The fraction of sp³-hybridized carbons (Fsp3) is 0.0526. The standard InChI is InChI=1S/C19H13N3O5/c1-2-9-26-16-6-3-13(4-7-16)12-20-21-19(23)18-11-14-10-15(22(24)25)5-8-17(14)27-18/h1,3-8,10-12H,9H2,(H,21,23)/b20-12-. The minimum absolute atomic E-state index is 0.000630. The number of amides is 1. The van der Waals surface area contributed by atoms with Crippen molar-refractivity contribution in [3.8, 4) is 18.1 Å². The molecule has 1 aromatic heterocycles. The van der Waals surface area contributed by atoms with Gasteiger partial charge in [0.25, 0.3) is 5.69 Å². The summed E-state index contributed by atoms with van der Waals surface area (Å²) in [6.45, 7) is 0.185. The summed E-state index contributed by atoms with van der Waals surface area (Å²) in [6, 6.07) is 12.5. The highest BCUT2D eigenvalue weighted by molar-refractivity contribution is 5.97. The molecule has 0 fully saturated rings. The Morgan fingerprint density at radius 1 is 1.30 bits per heavy atom. The Morgan fingerprint density at radius 3 is 2.78 bits per heavy atom. The molecule has 2 aromatic carbocycles. The van der Waals surface area contributed by atoms with Gasteiger partial charge in [0.1, 0.15) is 17.9 Å². The van der Waals surface area contributed by atoms with Crippen LogP contribution >= 0.6 is 0 Å². The Kier molecular flexibility index (Phi) is 5.14. The lowest BCUT2D eigenvalue weighted by Gasteiger charge is -2.01. The lowest BCUT2D eigenvalue weighted by molar-refractivity contribution is -0.384. The van der Waals surface area contributed by atoms with E-state index < -0.39 is 10.8 Å². The van der Waals surface area contributed by atoms with Gasteiger partial charge in [-0.2, -0.15) is 5.10 Å². The SMILES string of the molecule is C#CCOc1ccc(/C=N\NC(=O)c2cc3cc([N+](=O)[O-])ccc3o2)cc1. The van der Waals surface area contributed by atoms with Crippen molar-refractivity contribution in [2.75, 3.05) is 6.61 Å². The zero-order valence-electron chi connectivity index (χ0n) is 13.9. The molecule has 0 saturated carbocycles. The summed E-state index contributed by atoms with van der Waals surface area (Å²) in [5.41, 5.74) is 3.37. The van der Waals surface area contributed by atoms with Crippen LogP contribution in [0.15, 0.2) is 58.0 Å². The zero-order chi connectivity index (χ0) is 19.2. The highest BCUT2D eigenvalue weighted by Gasteiger charge is 2.14. The second-order valence-corrected chi connectivity index (χ2v) is 5.35. The van der Waals surface area contributed by atoms with Crippen molar-refractivity contribution in [3.63, 3.8) is 0 Å². The van der Waals surface area contributed by atoms with E-state index in [0.717, 1.165) is 5.56 Å². The van der Waals surface area contributed by atoms with Crippen LogP contribution in [0.1, 0.15) is 16.1 Å². The van der Waals surface area contributed by atoms with Crippen molar-refractivity contribution < 1.29 is 18.9 Å². The van der Waals surface area contributed by atoms with Crippen molar-refractivity contribution in [2.45, 2.75) is 0 Å². The molecule has 1 heterocycles. The summed E-state index contributed by atoms with van der Waals surface area (Å²) >= 11 is 0. The number of furan rings is 1. The lowest BCUT2D eigenvalue weighted by atomic mass is 10.2. The van der Waals surface area contributed by atoms with Gasteiger partial charge in [-0.15, -0.1) is 6.42 Å². The number of carbonyl (C=O) groups is 1. The minimum Gasteiger partial charge on any atom is -0.481 e. The van der Waals surface area contributed by atoms with E-state index in [4.69, 9.17) is 15.6 Å². The van der Waals surface area contributed by atoms with Gasteiger partial charge >= 0.3 is 5.91 Å². The Bertz CT molecular complexity index is 1060. The van der Waals surface area contributed by atoms with Crippen LogP contribution in [0.2, 0.25) is 0 Å². The average molecular weight is 363 g/mol. The zero-order valence-corrected chi connectivity index (χ0v) is 13.9. The number of hydrazone groups is 1. The van der Waals surface area contributed by atoms with Crippen molar-refractivity contribution in [3.05, 3.63) is 70.0 Å². The van der Waals surface area contributed by atoms with Gasteiger partial charge in [-0.3, -0.25) is 14.9 Å². The molecule has 0 radical (unpaired) electrons. The predicted octanol–water partition coefficient (Wildman–Crippen LogP) is 3.12. The first-order valence-electron chi connectivity index (χ1n) is 7.74. The van der Waals surface area contributed by atoms with Gasteiger partial charge in [-0.25, -0.2) is 5.43 Å². The maximum absolute atomic E-state index is 12.1. The molecule has 0 unspecified atom stereocenters. The number of hydrogen-bond donors (Lipinski definition) is 1. The second-order valence-electron chi connectivity index (χ2n) is 5.35. The molecule has 3 rings (SSSR count). The largest absolute Gasteiger partial charge is 0.481 e. The van der Waals surface area contributed by atoms with E-state index in [1.807, 2.05) is 0 Å². The predicted molar refractivity (Wildman–Crippen MR) is 98.7 cm³/mol. The third kappa shape index (κ3) is 4.29. The van der Waals surface area contributed by atoms with Crippen molar-refractivity contribution in [1.29, 1.82) is 0 Å². The molecular weight excluding hydrogens is 350 g/mol. The number of nitro groups is 1. The molecule has 3 aromatic rings. The fourth-order valence-electron chi connectivity index (χ4n) is 2.25. The van der Waals surface area contributed by atoms with Gasteiger partial charge in [-0.05, 0) is 42.0 Å². The number of rotatable bonds is 6. The molecule has 0 aliphatic heterocycles. The number of nitrogens with one attached hydrogen (secondary N) is 1. The summed E-state index contributed by atoms with van der Waals surface area (Å²) in [5, 5.41) is 15.1. The molecule has 1 N–H and O–H groups in total. The van der Waals surface area contributed by atoms with Crippen LogP contribution in [-0.2, 0) is 0 Å². The van der Waals surface area contributed by atoms with E-state index >= 15 is 0 Å². The smallest absolute Gasteiger partial charge is 0.307 e. The van der Waals surface area contributed by atoms with Gasteiger partial charge in [0, 0.05) is 17.5 Å². The van der Waals surface area contributed by atoms with Crippen LogP contribution < -0.4 is 10.2 Å². The summed E-state index contributed by atoms with van der Waals surface area (Å²) < 4.78 is 10.6. The summed E-state index contributed by atoms with van der Waals surface area (Å²) in [4.78, 5) is 22.4. The third-order valence-corrected chi connectivity index (χ3v) is 3.52. The van der Waals surface area contributed by atoms with Crippen molar-refractivity contribution in [2.24, 2.45) is 5.10 Å². The molecular formula is C19H13N3O5. The first-order chi connectivity index (χ1) is 13.1. The molecule has 0 spiro atoms. The second kappa shape index (κ2) is 7.84. The molecule has 134 valence electrons. The van der Waals surface area contributed by atoms with Gasteiger partial charge in [0.2, 0.25) is 0 Å². The van der Waals surface area contributed by atoms with Crippen LogP contribution in [0.3, 0.4) is 0 Å². The number of ether oxygens (including phenoxy) is 1. The number of carbonyl (C=O) groups excluding carboxylic acids is 1. The monoisotopic (exact) mass is 363 g/mol. The van der Waals surface area contributed by atoms with Crippen LogP contribution in [0.25, 0.3) is 11.0 Å². The number of nitro benzene ring substituents is 1. The first-order valence-corrected chi connectivity index (χ1v) is 7.74. The molecule has 0 bridgehead atoms. The van der Waals surface area contributed by atoms with Gasteiger partial charge in [0.15, 0.2) is 5.76 Å². The number of benzene rings is 2. The van der Waals surface area contributed by atoms with Crippen molar-refractivity contribution >= 4 is 28.8 Å². The normalized spacial score (nSPS) is 10.6. The number of hydrogen-bond acceptors (Lipinski definition) is 6.